The number of hydrogen-bond donors (Lipinski definition) is 0. The number of rotatable bonds is 5. The van der Waals surface area contributed by atoms with Gasteiger partial charge in [0, 0.05) is 0 Å². The Morgan fingerprint density at radius 3 is 1.33 bits per heavy atom. The summed E-state index contributed by atoms with van der Waals surface area (Å²) in [7, 11) is -3.07. The molecule has 0 rings (SSSR count). The molecule has 0 aliphatic carbocycles. The van der Waals surface area contributed by atoms with Crippen LogP contribution in [0.5, 0.6) is 0 Å². The molecule has 0 unspecified atom stereocenters. The van der Waals surface area contributed by atoms with E-state index in [0.717, 1.165) is 0 Å². The number of hydrogen-bond acceptors (Lipinski definition) is 2. The molecule has 0 amide bonds. The van der Waals surface area contributed by atoms with Crippen LogP contribution in [0.25, 0.3) is 0 Å². The first-order valence-corrected chi connectivity index (χ1v) is 11.9. The molecule has 0 aliphatic heterocycles. The topological polar surface area (TPSA) is 18.5 Å². The van der Waals surface area contributed by atoms with Gasteiger partial charge in [-0.25, -0.2) is 0 Å². The van der Waals surface area contributed by atoms with Crippen molar-refractivity contribution in [1.29, 1.82) is 0 Å². The predicted molar refractivity (Wildman–Crippen MR) is 62.2 cm³/mol. The van der Waals surface area contributed by atoms with Crippen molar-refractivity contribution in [3.05, 3.63) is 0 Å². The SMILES string of the molecule is CC(C)[SiH](O[SiH](C)C)O[SiH](C)C. The third kappa shape index (κ3) is 6.13. The summed E-state index contributed by atoms with van der Waals surface area (Å²) in [5.41, 5.74) is 0.620. The summed E-state index contributed by atoms with van der Waals surface area (Å²) in [5, 5.41) is 0. The third-order valence-electron chi connectivity index (χ3n) is 1.36. The fourth-order valence-electron chi connectivity index (χ4n) is 0.883. The molecule has 0 aromatic heterocycles. The zero-order valence-electron chi connectivity index (χ0n) is 9.13. The van der Waals surface area contributed by atoms with Gasteiger partial charge in [-0.05, 0) is 31.7 Å². The Kier molecular flexibility index (Phi) is 6.38. The maximum Gasteiger partial charge on any atom is 0.303 e. The monoisotopic (exact) mass is 222 g/mol. The summed E-state index contributed by atoms with van der Waals surface area (Å²) < 4.78 is 11.8. The molecule has 0 atom stereocenters. The summed E-state index contributed by atoms with van der Waals surface area (Å²) in [6.45, 7) is 13.3. The van der Waals surface area contributed by atoms with E-state index in [9.17, 15) is 0 Å². The minimum absolute atomic E-state index is 0.620. The molecule has 5 heteroatoms. The van der Waals surface area contributed by atoms with Crippen LogP contribution in [0.1, 0.15) is 13.8 Å². The van der Waals surface area contributed by atoms with Gasteiger partial charge in [0.1, 0.15) is 0 Å². The van der Waals surface area contributed by atoms with Crippen LogP contribution in [0.2, 0.25) is 31.7 Å². The summed E-state index contributed by atoms with van der Waals surface area (Å²) in [5.74, 6) is 0. The first-order valence-electron chi connectivity index (χ1n) is 4.74. The zero-order chi connectivity index (χ0) is 9.72. The van der Waals surface area contributed by atoms with Crippen LogP contribution in [0.4, 0.5) is 0 Å². The van der Waals surface area contributed by atoms with Gasteiger partial charge in [0.05, 0.1) is 0 Å². The Bertz CT molecular complexity index is 107. The van der Waals surface area contributed by atoms with Crippen molar-refractivity contribution in [2.24, 2.45) is 0 Å². The van der Waals surface area contributed by atoms with Crippen LogP contribution in [-0.4, -0.2) is 27.4 Å². The van der Waals surface area contributed by atoms with Gasteiger partial charge >= 0.3 is 9.28 Å². The predicted octanol–water partition coefficient (Wildman–Crippen LogP) is 1.62. The van der Waals surface area contributed by atoms with E-state index in [0.29, 0.717) is 5.54 Å². The van der Waals surface area contributed by atoms with Gasteiger partial charge < -0.3 is 8.23 Å². The van der Waals surface area contributed by atoms with E-state index in [1.54, 1.807) is 0 Å². The minimum atomic E-state index is -1.30. The Morgan fingerprint density at radius 2 is 1.17 bits per heavy atom. The van der Waals surface area contributed by atoms with Gasteiger partial charge in [-0.3, -0.25) is 0 Å². The third-order valence-corrected chi connectivity index (χ3v) is 8.95. The second kappa shape index (κ2) is 6.09. The smallest absolute Gasteiger partial charge is 0.303 e. The van der Waals surface area contributed by atoms with Crippen molar-refractivity contribution in [2.45, 2.75) is 45.6 Å². The van der Waals surface area contributed by atoms with E-state index >= 15 is 0 Å². The second-order valence-electron chi connectivity index (χ2n) is 3.98. The lowest BCUT2D eigenvalue weighted by Gasteiger charge is -2.24. The Hall–Kier alpha value is 0.571. The van der Waals surface area contributed by atoms with E-state index in [4.69, 9.17) is 8.23 Å². The molecular formula is C7H22O2Si3. The minimum Gasteiger partial charge on any atom is -0.441 e. The van der Waals surface area contributed by atoms with Crippen molar-refractivity contribution >= 4 is 27.4 Å². The molecule has 0 fully saturated rings. The summed E-state index contributed by atoms with van der Waals surface area (Å²) in [6.07, 6.45) is 0. The molecule has 0 heterocycles. The van der Waals surface area contributed by atoms with E-state index < -0.39 is 27.4 Å². The molecule has 0 bridgehead atoms. The van der Waals surface area contributed by atoms with Crippen LogP contribution in [0.3, 0.4) is 0 Å². The van der Waals surface area contributed by atoms with Gasteiger partial charge in [-0.1, -0.05) is 13.8 Å². The van der Waals surface area contributed by atoms with E-state index in [-0.39, 0.29) is 0 Å². The summed E-state index contributed by atoms with van der Waals surface area (Å²) in [4.78, 5) is 0. The van der Waals surface area contributed by atoms with Gasteiger partial charge in [0.25, 0.3) is 0 Å². The fourth-order valence-corrected chi connectivity index (χ4v) is 8.52. The van der Waals surface area contributed by atoms with Crippen molar-refractivity contribution in [3.63, 3.8) is 0 Å². The molecule has 2 nitrogen and oxygen atoms in total. The standard InChI is InChI=1S/C7H22O2Si3/c1-7(2)12(8-10(3)4)9-11(5)6/h7,10-12H,1-6H3. The summed E-state index contributed by atoms with van der Waals surface area (Å²) >= 11 is 0. The van der Waals surface area contributed by atoms with Gasteiger partial charge in [-0.2, -0.15) is 0 Å². The zero-order valence-corrected chi connectivity index (χ0v) is 12.6. The highest BCUT2D eigenvalue weighted by Gasteiger charge is 2.20. The lowest BCUT2D eigenvalue weighted by molar-refractivity contribution is 0.424. The quantitative estimate of drug-likeness (QED) is 0.658. The average Bonchev–Trinajstić information content (AvgIpc) is 1.83. The second-order valence-corrected chi connectivity index (χ2v) is 12.4. The first kappa shape index (κ1) is 12.6. The molecule has 0 aliphatic rings. The molecule has 12 heavy (non-hydrogen) atoms. The highest BCUT2D eigenvalue weighted by Crippen LogP contribution is 2.12. The first-order chi connectivity index (χ1) is 5.43. The van der Waals surface area contributed by atoms with Gasteiger partial charge in [-0.15, -0.1) is 0 Å². The van der Waals surface area contributed by atoms with Crippen LogP contribution in [-0.2, 0) is 8.23 Å². The summed E-state index contributed by atoms with van der Waals surface area (Å²) in [6, 6.07) is 0. The molecular weight excluding hydrogens is 200 g/mol. The van der Waals surface area contributed by atoms with E-state index in [2.05, 4.69) is 40.0 Å². The van der Waals surface area contributed by atoms with Gasteiger partial charge in [0.15, 0.2) is 18.1 Å². The van der Waals surface area contributed by atoms with Gasteiger partial charge in [0.2, 0.25) is 0 Å². The van der Waals surface area contributed by atoms with Crippen LogP contribution in [0.15, 0.2) is 0 Å². The molecule has 0 aromatic rings. The van der Waals surface area contributed by atoms with E-state index in [1.165, 1.54) is 0 Å². The van der Waals surface area contributed by atoms with Crippen molar-refractivity contribution in [1.82, 2.24) is 0 Å². The van der Waals surface area contributed by atoms with Crippen molar-refractivity contribution < 1.29 is 8.23 Å². The average molecular weight is 223 g/mol. The molecule has 0 saturated carbocycles. The van der Waals surface area contributed by atoms with Crippen LogP contribution < -0.4 is 0 Å². The maximum absolute atomic E-state index is 5.91. The lowest BCUT2D eigenvalue weighted by Crippen LogP contribution is -2.34. The Balaban J connectivity index is 3.87. The van der Waals surface area contributed by atoms with Crippen molar-refractivity contribution in [3.8, 4) is 0 Å². The molecule has 0 spiro atoms. The highest BCUT2D eigenvalue weighted by molar-refractivity contribution is 6.68. The highest BCUT2D eigenvalue weighted by atomic mass is 28.4. The largest absolute Gasteiger partial charge is 0.441 e. The fraction of sp³-hybridized carbons (Fsp3) is 1.00. The van der Waals surface area contributed by atoms with E-state index in [1.807, 2.05) is 0 Å². The van der Waals surface area contributed by atoms with Crippen molar-refractivity contribution in [2.75, 3.05) is 0 Å². The molecule has 74 valence electrons. The maximum atomic E-state index is 5.91. The molecule has 0 saturated heterocycles. The molecule has 0 radical (unpaired) electrons. The van der Waals surface area contributed by atoms with Crippen LogP contribution >= 0.6 is 0 Å². The molecule has 0 N–H and O–H groups in total. The Morgan fingerprint density at radius 1 is 0.833 bits per heavy atom. The molecule has 0 aromatic carbocycles. The Labute approximate surface area is 81.6 Å². The van der Waals surface area contributed by atoms with Crippen LogP contribution in [0, 0.1) is 0 Å². The normalized spacial score (nSPS) is 12.5. The lowest BCUT2D eigenvalue weighted by atomic mass is 10.6.